The van der Waals surface area contributed by atoms with Crippen LogP contribution >= 0.6 is 12.6 Å². The first-order valence-corrected chi connectivity index (χ1v) is 6.46. The maximum Gasteiger partial charge on any atom is 0.257 e. The summed E-state index contributed by atoms with van der Waals surface area (Å²) in [5, 5.41) is 0. The number of hydrogen-bond donors (Lipinski definition) is 1. The van der Waals surface area contributed by atoms with Gasteiger partial charge in [0, 0.05) is 18.0 Å². The number of benzene rings is 1. The number of morpholine rings is 1. The summed E-state index contributed by atoms with van der Waals surface area (Å²) < 4.78 is 19.1. The van der Waals surface area contributed by atoms with Crippen LogP contribution in [0.5, 0.6) is 0 Å². The number of halogens is 1. The maximum atomic E-state index is 13.6. The van der Waals surface area contributed by atoms with E-state index in [1.165, 1.54) is 18.2 Å². The summed E-state index contributed by atoms with van der Waals surface area (Å²) in [6, 6.07) is 4.27. The molecule has 98 valence electrons. The molecule has 0 bridgehead atoms. The third kappa shape index (κ3) is 2.84. The second kappa shape index (κ2) is 5.71. The molecule has 2 rings (SSSR count). The van der Waals surface area contributed by atoms with Crippen LogP contribution in [0.25, 0.3) is 0 Å². The minimum absolute atomic E-state index is 0.0462. The summed E-state index contributed by atoms with van der Waals surface area (Å²) in [5.41, 5.74) is 0.0826. The fourth-order valence-corrected chi connectivity index (χ4v) is 2.20. The summed E-state index contributed by atoms with van der Waals surface area (Å²) in [7, 11) is 0. The summed E-state index contributed by atoms with van der Waals surface area (Å²) in [6.45, 7) is 3.54. The van der Waals surface area contributed by atoms with E-state index in [1.54, 1.807) is 4.90 Å². The van der Waals surface area contributed by atoms with Gasteiger partial charge in [-0.15, -0.1) is 12.6 Å². The second-order valence-electron chi connectivity index (χ2n) is 4.32. The average Bonchev–Trinajstić information content (AvgIpc) is 2.41. The molecule has 18 heavy (non-hydrogen) atoms. The number of amides is 1. The Morgan fingerprint density at radius 1 is 1.61 bits per heavy atom. The van der Waals surface area contributed by atoms with Gasteiger partial charge in [-0.2, -0.15) is 0 Å². The Morgan fingerprint density at radius 2 is 2.39 bits per heavy atom. The molecule has 1 aliphatic rings. The lowest BCUT2D eigenvalue weighted by Gasteiger charge is -2.32. The molecule has 0 radical (unpaired) electrons. The van der Waals surface area contributed by atoms with E-state index in [-0.39, 0.29) is 17.6 Å². The van der Waals surface area contributed by atoms with E-state index in [2.05, 4.69) is 12.6 Å². The van der Waals surface area contributed by atoms with Gasteiger partial charge in [-0.25, -0.2) is 4.39 Å². The van der Waals surface area contributed by atoms with Gasteiger partial charge in [0.2, 0.25) is 0 Å². The predicted molar refractivity (Wildman–Crippen MR) is 69.6 cm³/mol. The van der Waals surface area contributed by atoms with Gasteiger partial charge in [0.05, 0.1) is 18.3 Å². The molecule has 0 spiro atoms. The van der Waals surface area contributed by atoms with Crippen LogP contribution in [-0.4, -0.2) is 36.6 Å². The molecule has 0 aliphatic carbocycles. The van der Waals surface area contributed by atoms with Crippen molar-refractivity contribution < 1.29 is 13.9 Å². The van der Waals surface area contributed by atoms with E-state index in [0.29, 0.717) is 24.6 Å². The minimum atomic E-state index is -0.502. The zero-order valence-corrected chi connectivity index (χ0v) is 11.1. The molecule has 5 heteroatoms. The predicted octanol–water partition coefficient (Wildman–Crippen LogP) is 2.37. The molecule has 1 aromatic carbocycles. The summed E-state index contributed by atoms with van der Waals surface area (Å²) in [6.07, 6.45) is 0.892. The molecule has 1 heterocycles. The highest BCUT2D eigenvalue weighted by atomic mass is 32.1. The smallest absolute Gasteiger partial charge is 0.257 e. The largest absolute Gasteiger partial charge is 0.375 e. The molecule has 1 saturated heterocycles. The molecule has 0 saturated carbocycles. The van der Waals surface area contributed by atoms with E-state index in [1.807, 2.05) is 6.92 Å². The van der Waals surface area contributed by atoms with E-state index >= 15 is 0 Å². The first-order chi connectivity index (χ1) is 8.61. The Hall–Kier alpha value is -1.07. The van der Waals surface area contributed by atoms with E-state index in [4.69, 9.17) is 4.74 Å². The highest BCUT2D eigenvalue weighted by Crippen LogP contribution is 2.18. The molecule has 1 aromatic rings. The van der Waals surface area contributed by atoms with Gasteiger partial charge in [-0.3, -0.25) is 4.79 Å². The fourth-order valence-electron chi connectivity index (χ4n) is 2.00. The van der Waals surface area contributed by atoms with Crippen molar-refractivity contribution in [3.8, 4) is 0 Å². The molecule has 0 N–H and O–H groups in total. The van der Waals surface area contributed by atoms with Crippen LogP contribution in [0.4, 0.5) is 4.39 Å². The topological polar surface area (TPSA) is 29.5 Å². The number of carbonyl (C=O) groups is 1. The molecule has 1 atom stereocenters. The van der Waals surface area contributed by atoms with Crippen molar-refractivity contribution in [3.05, 3.63) is 29.6 Å². The van der Waals surface area contributed by atoms with Crippen molar-refractivity contribution in [2.75, 3.05) is 19.7 Å². The van der Waals surface area contributed by atoms with Gasteiger partial charge >= 0.3 is 0 Å². The van der Waals surface area contributed by atoms with Gasteiger partial charge < -0.3 is 9.64 Å². The second-order valence-corrected chi connectivity index (χ2v) is 4.83. The zero-order chi connectivity index (χ0) is 13.1. The average molecular weight is 269 g/mol. The Balaban J connectivity index is 2.17. The lowest BCUT2D eigenvalue weighted by Crippen LogP contribution is -2.45. The van der Waals surface area contributed by atoms with Crippen LogP contribution in [0.2, 0.25) is 0 Å². The Bertz CT molecular complexity index is 453. The maximum absolute atomic E-state index is 13.6. The van der Waals surface area contributed by atoms with Gasteiger partial charge in [-0.05, 0) is 24.6 Å². The van der Waals surface area contributed by atoms with Gasteiger partial charge in [0.15, 0.2) is 0 Å². The van der Waals surface area contributed by atoms with Crippen molar-refractivity contribution in [2.24, 2.45) is 0 Å². The SMILES string of the molecule is CCC1CN(C(=O)c2cc(S)ccc2F)CCO1. The summed E-state index contributed by atoms with van der Waals surface area (Å²) >= 11 is 4.13. The first-order valence-electron chi connectivity index (χ1n) is 6.01. The standard InChI is InChI=1S/C13H16FNO2S/c1-2-9-8-15(5-6-17-9)13(16)11-7-10(18)3-4-12(11)14/h3-4,7,9,18H,2,5-6,8H2,1H3. The van der Waals surface area contributed by atoms with Crippen LogP contribution in [0, 0.1) is 5.82 Å². The van der Waals surface area contributed by atoms with Gasteiger partial charge in [0.25, 0.3) is 5.91 Å². The number of rotatable bonds is 2. The molecule has 1 unspecified atom stereocenters. The van der Waals surface area contributed by atoms with Gasteiger partial charge in [-0.1, -0.05) is 6.92 Å². The summed E-state index contributed by atoms with van der Waals surface area (Å²) in [4.78, 5) is 14.5. The monoisotopic (exact) mass is 269 g/mol. The van der Waals surface area contributed by atoms with E-state index in [9.17, 15) is 9.18 Å². The van der Waals surface area contributed by atoms with Crippen LogP contribution in [-0.2, 0) is 4.74 Å². The first kappa shape index (κ1) is 13.4. The number of nitrogens with zero attached hydrogens (tertiary/aromatic N) is 1. The lowest BCUT2D eigenvalue weighted by atomic mass is 10.1. The number of thiol groups is 1. The van der Waals surface area contributed by atoms with Crippen molar-refractivity contribution in [1.82, 2.24) is 4.90 Å². The molecular formula is C13H16FNO2S. The van der Waals surface area contributed by atoms with E-state index in [0.717, 1.165) is 6.42 Å². The van der Waals surface area contributed by atoms with Crippen LogP contribution < -0.4 is 0 Å². The van der Waals surface area contributed by atoms with Crippen LogP contribution in [0.1, 0.15) is 23.7 Å². The molecule has 3 nitrogen and oxygen atoms in total. The van der Waals surface area contributed by atoms with Crippen molar-refractivity contribution in [1.29, 1.82) is 0 Å². The van der Waals surface area contributed by atoms with Crippen LogP contribution in [0.3, 0.4) is 0 Å². The lowest BCUT2D eigenvalue weighted by molar-refractivity contribution is -0.0227. The number of hydrogen-bond acceptors (Lipinski definition) is 3. The molecule has 1 aliphatic heterocycles. The highest BCUT2D eigenvalue weighted by molar-refractivity contribution is 7.80. The fraction of sp³-hybridized carbons (Fsp3) is 0.462. The molecule has 0 aromatic heterocycles. The minimum Gasteiger partial charge on any atom is -0.375 e. The van der Waals surface area contributed by atoms with Crippen molar-refractivity contribution in [2.45, 2.75) is 24.3 Å². The summed E-state index contributed by atoms with van der Waals surface area (Å²) in [5.74, 6) is -0.789. The van der Waals surface area contributed by atoms with Crippen molar-refractivity contribution >= 4 is 18.5 Å². The third-order valence-electron chi connectivity index (χ3n) is 3.06. The van der Waals surface area contributed by atoms with Gasteiger partial charge in [0.1, 0.15) is 5.82 Å². The highest BCUT2D eigenvalue weighted by Gasteiger charge is 2.25. The Labute approximate surface area is 111 Å². The number of carbonyl (C=O) groups excluding carboxylic acids is 1. The zero-order valence-electron chi connectivity index (χ0n) is 10.2. The molecular weight excluding hydrogens is 253 g/mol. The quantitative estimate of drug-likeness (QED) is 0.835. The normalized spacial score (nSPS) is 19.9. The van der Waals surface area contributed by atoms with Crippen molar-refractivity contribution in [3.63, 3.8) is 0 Å². The van der Waals surface area contributed by atoms with Crippen LogP contribution in [0.15, 0.2) is 23.1 Å². The number of ether oxygens (including phenoxy) is 1. The molecule has 1 amide bonds. The van der Waals surface area contributed by atoms with E-state index < -0.39 is 5.82 Å². The third-order valence-corrected chi connectivity index (χ3v) is 3.34. The molecule has 1 fully saturated rings. The Morgan fingerprint density at radius 3 is 3.11 bits per heavy atom. The Kier molecular flexibility index (Phi) is 4.24.